The SMILES string of the molecule is O=C(O)c1cn(C2CC2)c2c(F)c(CN3CCCCC3)c(F)cc2c1=O. The molecule has 4 rings (SSSR count). The average molecular weight is 362 g/mol. The van der Waals surface area contributed by atoms with Gasteiger partial charge in [0.25, 0.3) is 0 Å². The molecule has 2 fully saturated rings. The molecule has 1 aromatic carbocycles. The molecular weight excluding hydrogens is 342 g/mol. The quantitative estimate of drug-likeness (QED) is 0.907. The topological polar surface area (TPSA) is 62.5 Å². The molecule has 1 saturated heterocycles. The van der Waals surface area contributed by atoms with Gasteiger partial charge in [-0.15, -0.1) is 0 Å². The van der Waals surface area contributed by atoms with E-state index in [2.05, 4.69) is 0 Å². The largest absolute Gasteiger partial charge is 0.477 e. The average Bonchev–Trinajstić information content (AvgIpc) is 3.45. The molecule has 0 amide bonds. The Morgan fingerprint density at radius 2 is 1.88 bits per heavy atom. The Kier molecular flexibility index (Phi) is 4.26. The lowest BCUT2D eigenvalue weighted by Gasteiger charge is -2.27. The van der Waals surface area contributed by atoms with Crippen molar-refractivity contribution in [1.29, 1.82) is 0 Å². The molecule has 0 bridgehead atoms. The van der Waals surface area contributed by atoms with Gasteiger partial charge in [0, 0.05) is 24.3 Å². The summed E-state index contributed by atoms with van der Waals surface area (Å²) in [5, 5.41) is 9.05. The van der Waals surface area contributed by atoms with Crippen LogP contribution in [-0.4, -0.2) is 33.6 Å². The fourth-order valence-electron chi connectivity index (χ4n) is 3.76. The molecule has 1 aromatic heterocycles. The Morgan fingerprint density at radius 3 is 2.50 bits per heavy atom. The number of fused-ring (bicyclic) bond motifs is 1. The highest BCUT2D eigenvalue weighted by Crippen LogP contribution is 2.38. The van der Waals surface area contributed by atoms with Gasteiger partial charge >= 0.3 is 5.97 Å². The van der Waals surface area contributed by atoms with Crippen LogP contribution in [0.15, 0.2) is 17.1 Å². The minimum atomic E-state index is -1.38. The van der Waals surface area contributed by atoms with E-state index in [0.717, 1.165) is 51.3 Å². The highest BCUT2D eigenvalue weighted by Gasteiger charge is 2.30. The van der Waals surface area contributed by atoms with Crippen molar-refractivity contribution in [3.8, 4) is 0 Å². The molecule has 1 saturated carbocycles. The van der Waals surface area contributed by atoms with E-state index in [0.29, 0.717) is 0 Å². The van der Waals surface area contributed by atoms with E-state index >= 15 is 4.39 Å². The summed E-state index contributed by atoms with van der Waals surface area (Å²) in [6.45, 7) is 1.75. The van der Waals surface area contributed by atoms with E-state index in [9.17, 15) is 19.1 Å². The minimum Gasteiger partial charge on any atom is -0.477 e. The molecule has 1 N–H and O–H groups in total. The van der Waals surface area contributed by atoms with Gasteiger partial charge in [-0.2, -0.15) is 0 Å². The number of aromatic nitrogens is 1. The van der Waals surface area contributed by atoms with Gasteiger partial charge in [-0.3, -0.25) is 9.69 Å². The Balaban J connectivity index is 1.90. The molecule has 0 spiro atoms. The Bertz CT molecular complexity index is 944. The first kappa shape index (κ1) is 17.1. The van der Waals surface area contributed by atoms with Gasteiger partial charge in [-0.25, -0.2) is 13.6 Å². The lowest BCUT2D eigenvalue weighted by atomic mass is 10.0. The van der Waals surface area contributed by atoms with Crippen molar-refractivity contribution in [1.82, 2.24) is 9.47 Å². The maximum absolute atomic E-state index is 15.3. The normalized spacial score (nSPS) is 18.4. The Hall–Kier alpha value is -2.28. The predicted molar refractivity (Wildman–Crippen MR) is 92.5 cm³/mol. The predicted octanol–water partition coefficient (Wildman–Crippen LogP) is 3.30. The summed E-state index contributed by atoms with van der Waals surface area (Å²) in [6, 6.07) is 0.963. The first-order chi connectivity index (χ1) is 12.5. The zero-order valence-electron chi connectivity index (χ0n) is 14.3. The summed E-state index contributed by atoms with van der Waals surface area (Å²) >= 11 is 0. The maximum Gasteiger partial charge on any atom is 0.341 e. The van der Waals surface area contributed by atoms with Crippen LogP contribution in [-0.2, 0) is 6.54 Å². The monoisotopic (exact) mass is 362 g/mol. The molecule has 2 aliphatic rings. The smallest absolute Gasteiger partial charge is 0.341 e. The van der Waals surface area contributed by atoms with Crippen molar-refractivity contribution in [2.75, 3.05) is 13.1 Å². The van der Waals surface area contributed by atoms with Crippen LogP contribution in [0.4, 0.5) is 8.78 Å². The van der Waals surface area contributed by atoms with Gasteiger partial charge in [0.2, 0.25) is 5.43 Å². The van der Waals surface area contributed by atoms with Crippen LogP contribution in [0.3, 0.4) is 0 Å². The second kappa shape index (κ2) is 6.46. The standard InChI is InChI=1S/C19H20F2N2O3/c20-15-8-12-17(16(21)13(15)9-22-6-2-1-3-7-22)23(11-4-5-11)10-14(18(12)24)19(25)26/h8,10-11H,1-7,9H2,(H,25,26). The number of benzene rings is 1. The molecule has 138 valence electrons. The van der Waals surface area contributed by atoms with Crippen LogP contribution >= 0.6 is 0 Å². The highest BCUT2D eigenvalue weighted by molar-refractivity contribution is 5.93. The number of hydrogen-bond acceptors (Lipinski definition) is 3. The van der Waals surface area contributed by atoms with Crippen LogP contribution in [0.5, 0.6) is 0 Å². The molecule has 2 aromatic rings. The molecule has 5 nitrogen and oxygen atoms in total. The lowest BCUT2D eigenvalue weighted by molar-refractivity contribution is 0.0695. The zero-order valence-corrected chi connectivity index (χ0v) is 14.3. The van der Waals surface area contributed by atoms with Gasteiger partial charge in [-0.1, -0.05) is 6.42 Å². The van der Waals surface area contributed by atoms with Crippen molar-refractivity contribution in [2.24, 2.45) is 0 Å². The van der Waals surface area contributed by atoms with Crippen LogP contribution in [0.25, 0.3) is 10.9 Å². The second-order valence-corrected chi connectivity index (χ2v) is 7.20. The minimum absolute atomic E-state index is 0.0240. The second-order valence-electron chi connectivity index (χ2n) is 7.20. The van der Waals surface area contributed by atoms with E-state index in [-0.39, 0.29) is 29.1 Å². The molecular formula is C19H20F2N2O3. The summed E-state index contributed by atoms with van der Waals surface area (Å²) in [4.78, 5) is 25.8. The van der Waals surface area contributed by atoms with Crippen molar-refractivity contribution < 1.29 is 18.7 Å². The number of likely N-dealkylation sites (tertiary alicyclic amines) is 1. The number of aromatic carboxylic acids is 1. The Labute approximate surface area is 148 Å². The molecule has 7 heteroatoms. The van der Waals surface area contributed by atoms with Crippen molar-refractivity contribution in [2.45, 2.75) is 44.7 Å². The third-order valence-corrected chi connectivity index (χ3v) is 5.30. The number of carboxylic acid groups (broad SMARTS) is 1. The number of halogens is 2. The number of pyridine rings is 1. The summed E-state index contributed by atoms with van der Waals surface area (Å²) in [6.07, 6.45) is 5.91. The van der Waals surface area contributed by atoms with Gasteiger partial charge in [-0.05, 0) is 44.8 Å². The first-order valence-corrected chi connectivity index (χ1v) is 8.98. The van der Waals surface area contributed by atoms with Gasteiger partial charge in [0.1, 0.15) is 11.4 Å². The van der Waals surface area contributed by atoms with Gasteiger partial charge < -0.3 is 9.67 Å². The van der Waals surface area contributed by atoms with E-state index in [1.165, 1.54) is 10.8 Å². The number of hydrogen-bond donors (Lipinski definition) is 1. The van der Waals surface area contributed by atoms with Gasteiger partial charge in [0.05, 0.1) is 10.9 Å². The summed E-state index contributed by atoms with van der Waals surface area (Å²) < 4.78 is 31.4. The number of rotatable bonds is 4. The van der Waals surface area contributed by atoms with Gasteiger partial charge in [0.15, 0.2) is 5.82 Å². The number of carboxylic acids is 1. The lowest BCUT2D eigenvalue weighted by Crippen LogP contribution is -2.30. The number of carbonyl (C=O) groups is 1. The van der Waals surface area contributed by atoms with Crippen LogP contribution in [0, 0.1) is 11.6 Å². The van der Waals surface area contributed by atoms with E-state index in [1.54, 1.807) is 0 Å². The molecule has 26 heavy (non-hydrogen) atoms. The third-order valence-electron chi connectivity index (χ3n) is 5.30. The molecule has 1 aliphatic carbocycles. The number of piperidine rings is 1. The first-order valence-electron chi connectivity index (χ1n) is 8.98. The fraction of sp³-hybridized carbons (Fsp3) is 0.474. The van der Waals surface area contributed by atoms with E-state index in [4.69, 9.17) is 0 Å². The number of nitrogens with zero attached hydrogens (tertiary/aromatic N) is 2. The zero-order chi connectivity index (χ0) is 18.4. The summed E-state index contributed by atoms with van der Waals surface area (Å²) in [7, 11) is 0. The summed E-state index contributed by atoms with van der Waals surface area (Å²) in [5.41, 5.74) is -1.31. The molecule has 2 heterocycles. The molecule has 0 unspecified atom stereocenters. The molecule has 1 aliphatic heterocycles. The highest BCUT2D eigenvalue weighted by atomic mass is 19.1. The Morgan fingerprint density at radius 1 is 1.19 bits per heavy atom. The molecule has 0 radical (unpaired) electrons. The third kappa shape index (κ3) is 2.90. The van der Waals surface area contributed by atoms with E-state index in [1.807, 2.05) is 4.90 Å². The maximum atomic E-state index is 15.3. The van der Waals surface area contributed by atoms with Crippen LogP contribution in [0.1, 0.15) is 54.1 Å². The fourth-order valence-corrected chi connectivity index (χ4v) is 3.76. The van der Waals surface area contributed by atoms with Crippen LogP contribution < -0.4 is 5.43 Å². The van der Waals surface area contributed by atoms with Crippen LogP contribution in [0.2, 0.25) is 0 Å². The van der Waals surface area contributed by atoms with Crippen molar-refractivity contribution >= 4 is 16.9 Å². The van der Waals surface area contributed by atoms with E-state index < -0.39 is 28.6 Å². The molecule has 0 atom stereocenters. The van der Waals surface area contributed by atoms with Crippen molar-refractivity contribution in [3.63, 3.8) is 0 Å². The van der Waals surface area contributed by atoms with Crippen molar-refractivity contribution in [3.05, 3.63) is 45.2 Å². The summed E-state index contributed by atoms with van der Waals surface area (Å²) in [5.74, 6) is -2.92.